The van der Waals surface area contributed by atoms with E-state index in [1.54, 1.807) is 19.2 Å². The number of hydrogen-bond donors (Lipinski definition) is 2. The van der Waals surface area contributed by atoms with Gasteiger partial charge in [0, 0.05) is 11.9 Å². The fraction of sp³-hybridized carbons (Fsp3) is 0.278. The molecule has 0 spiro atoms. The van der Waals surface area contributed by atoms with E-state index in [0.29, 0.717) is 17.2 Å². The molecule has 0 saturated heterocycles. The van der Waals surface area contributed by atoms with Crippen molar-refractivity contribution in [1.29, 1.82) is 0 Å². The maximum absolute atomic E-state index is 12.0. The van der Waals surface area contributed by atoms with Crippen LogP contribution in [0.25, 0.3) is 0 Å². The second-order valence-corrected chi connectivity index (χ2v) is 7.73. The van der Waals surface area contributed by atoms with Gasteiger partial charge in [0.15, 0.2) is 21.3 Å². The second kappa shape index (κ2) is 8.57. The SMILES string of the molecule is COc1ccccc1OC(C)CNC(=O)Nc1ccc(S(C)(=O)=O)cc1. The fourth-order valence-electron chi connectivity index (χ4n) is 2.17. The molecule has 2 aromatic carbocycles. The molecule has 2 aromatic rings. The largest absolute Gasteiger partial charge is 0.493 e. The number of benzene rings is 2. The van der Waals surface area contributed by atoms with Crippen LogP contribution < -0.4 is 20.1 Å². The average molecular weight is 378 g/mol. The normalized spacial score (nSPS) is 12.1. The third-order valence-corrected chi connectivity index (χ3v) is 4.62. The van der Waals surface area contributed by atoms with Crippen LogP contribution in [0.3, 0.4) is 0 Å². The van der Waals surface area contributed by atoms with Gasteiger partial charge in [0.25, 0.3) is 0 Å². The lowest BCUT2D eigenvalue weighted by Gasteiger charge is -2.17. The molecule has 1 unspecified atom stereocenters. The Balaban J connectivity index is 1.84. The number of anilines is 1. The molecule has 0 bridgehead atoms. The van der Waals surface area contributed by atoms with Crippen LogP contribution in [0.1, 0.15) is 6.92 Å². The third-order valence-electron chi connectivity index (χ3n) is 3.49. The van der Waals surface area contributed by atoms with Crippen LogP contribution in [0, 0.1) is 0 Å². The van der Waals surface area contributed by atoms with Gasteiger partial charge in [-0.3, -0.25) is 0 Å². The first-order valence-corrected chi connectivity index (χ1v) is 9.83. The highest BCUT2D eigenvalue weighted by Crippen LogP contribution is 2.26. The molecule has 8 heteroatoms. The van der Waals surface area contributed by atoms with Crippen molar-refractivity contribution in [3.05, 3.63) is 48.5 Å². The smallest absolute Gasteiger partial charge is 0.319 e. The molecule has 0 radical (unpaired) electrons. The molecule has 0 heterocycles. The van der Waals surface area contributed by atoms with E-state index < -0.39 is 15.9 Å². The van der Waals surface area contributed by atoms with Gasteiger partial charge >= 0.3 is 6.03 Å². The van der Waals surface area contributed by atoms with E-state index in [-0.39, 0.29) is 17.5 Å². The van der Waals surface area contributed by atoms with E-state index in [0.717, 1.165) is 6.26 Å². The molecule has 0 aliphatic carbocycles. The van der Waals surface area contributed by atoms with Gasteiger partial charge in [-0.05, 0) is 43.3 Å². The van der Waals surface area contributed by atoms with E-state index in [9.17, 15) is 13.2 Å². The zero-order valence-corrected chi connectivity index (χ0v) is 15.7. The quantitative estimate of drug-likeness (QED) is 0.773. The Morgan fingerprint density at radius 2 is 1.69 bits per heavy atom. The first-order valence-electron chi connectivity index (χ1n) is 7.94. The van der Waals surface area contributed by atoms with E-state index in [2.05, 4.69) is 10.6 Å². The molecule has 0 saturated carbocycles. The molecule has 0 aliphatic heterocycles. The van der Waals surface area contributed by atoms with Crippen molar-refractivity contribution in [2.75, 3.05) is 25.2 Å². The Morgan fingerprint density at radius 1 is 1.08 bits per heavy atom. The predicted molar refractivity (Wildman–Crippen MR) is 99.7 cm³/mol. The number of ether oxygens (including phenoxy) is 2. The van der Waals surface area contributed by atoms with E-state index in [1.807, 2.05) is 19.1 Å². The number of methoxy groups -OCH3 is 1. The number of sulfone groups is 1. The number of carbonyl (C=O) groups excluding carboxylic acids is 1. The van der Waals surface area contributed by atoms with Crippen LogP contribution in [0.4, 0.5) is 10.5 Å². The first kappa shape index (κ1) is 19.6. The summed E-state index contributed by atoms with van der Waals surface area (Å²) in [4.78, 5) is 12.2. The zero-order valence-electron chi connectivity index (χ0n) is 14.9. The molecule has 2 N–H and O–H groups in total. The summed E-state index contributed by atoms with van der Waals surface area (Å²) in [6.45, 7) is 2.11. The lowest BCUT2D eigenvalue weighted by molar-refractivity contribution is 0.205. The van der Waals surface area contributed by atoms with Crippen molar-refractivity contribution in [1.82, 2.24) is 5.32 Å². The van der Waals surface area contributed by atoms with Crippen LogP contribution in [0.15, 0.2) is 53.4 Å². The summed E-state index contributed by atoms with van der Waals surface area (Å²) in [5, 5.41) is 5.34. The Hall–Kier alpha value is -2.74. The number of rotatable bonds is 7. The number of carbonyl (C=O) groups is 1. The minimum atomic E-state index is -3.26. The van der Waals surface area contributed by atoms with Crippen LogP contribution in [-0.4, -0.2) is 40.5 Å². The van der Waals surface area contributed by atoms with Crippen molar-refractivity contribution >= 4 is 21.6 Å². The number of para-hydroxylation sites is 2. The molecule has 0 aliphatic rings. The molecule has 2 amide bonds. The molecule has 0 aromatic heterocycles. The number of urea groups is 1. The van der Waals surface area contributed by atoms with Gasteiger partial charge in [0.1, 0.15) is 6.10 Å². The predicted octanol–water partition coefficient (Wildman–Crippen LogP) is 2.69. The number of nitrogens with one attached hydrogen (secondary N) is 2. The summed E-state index contributed by atoms with van der Waals surface area (Å²) in [5.74, 6) is 1.22. The summed E-state index contributed by atoms with van der Waals surface area (Å²) in [7, 11) is -1.70. The van der Waals surface area contributed by atoms with Gasteiger partial charge < -0.3 is 20.1 Å². The van der Waals surface area contributed by atoms with Crippen LogP contribution in [0.2, 0.25) is 0 Å². The Morgan fingerprint density at radius 3 is 2.27 bits per heavy atom. The third kappa shape index (κ3) is 5.66. The topological polar surface area (TPSA) is 93.7 Å². The summed E-state index contributed by atoms with van der Waals surface area (Å²) < 4.78 is 33.8. The highest BCUT2D eigenvalue weighted by Gasteiger charge is 2.11. The monoisotopic (exact) mass is 378 g/mol. The maximum Gasteiger partial charge on any atom is 0.319 e. The average Bonchev–Trinajstić information content (AvgIpc) is 2.60. The Bertz CT molecular complexity index is 850. The highest BCUT2D eigenvalue weighted by atomic mass is 32.2. The highest BCUT2D eigenvalue weighted by molar-refractivity contribution is 7.90. The summed E-state index contributed by atoms with van der Waals surface area (Å²) in [6.07, 6.45) is 0.857. The van der Waals surface area contributed by atoms with Crippen molar-refractivity contribution in [2.24, 2.45) is 0 Å². The first-order chi connectivity index (χ1) is 12.3. The maximum atomic E-state index is 12.0. The lowest BCUT2D eigenvalue weighted by atomic mass is 10.3. The lowest BCUT2D eigenvalue weighted by Crippen LogP contribution is -2.36. The van der Waals surface area contributed by atoms with Crippen molar-refractivity contribution in [3.63, 3.8) is 0 Å². The molecule has 140 valence electrons. The molecule has 0 fully saturated rings. The number of hydrogen-bond acceptors (Lipinski definition) is 5. The van der Waals surface area contributed by atoms with Gasteiger partial charge in [-0.25, -0.2) is 13.2 Å². The fourth-order valence-corrected chi connectivity index (χ4v) is 2.80. The van der Waals surface area contributed by atoms with Gasteiger partial charge in [0.05, 0.1) is 18.6 Å². The molecule has 26 heavy (non-hydrogen) atoms. The Kier molecular flexibility index (Phi) is 6.46. The molecular weight excluding hydrogens is 356 g/mol. The zero-order chi connectivity index (χ0) is 19.2. The standard InChI is InChI=1S/C18H22N2O5S/c1-13(25-17-7-5-4-6-16(17)24-2)12-19-18(21)20-14-8-10-15(11-9-14)26(3,22)23/h4-11,13H,12H2,1-3H3,(H2,19,20,21). The van der Waals surface area contributed by atoms with Crippen LogP contribution in [0.5, 0.6) is 11.5 Å². The summed E-state index contributed by atoms with van der Waals surface area (Å²) in [6, 6.07) is 12.8. The molecule has 1 atom stereocenters. The van der Waals surface area contributed by atoms with Crippen LogP contribution in [-0.2, 0) is 9.84 Å². The van der Waals surface area contributed by atoms with Gasteiger partial charge in [-0.15, -0.1) is 0 Å². The molecular formula is C18H22N2O5S. The van der Waals surface area contributed by atoms with Crippen molar-refractivity contribution in [2.45, 2.75) is 17.9 Å². The second-order valence-electron chi connectivity index (χ2n) is 5.71. The molecule has 2 rings (SSSR count). The number of amides is 2. The van der Waals surface area contributed by atoms with Gasteiger partial charge in [-0.1, -0.05) is 12.1 Å². The van der Waals surface area contributed by atoms with Gasteiger partial charge in [-0.2, -0.15) is 0 Å². The minimum absolute atomic E-state index is 0.197. The minimum Gasteiger partial charge on any atom is -0.493 e. The summed E-state index contributed by atoms with van der Waals surface area (Å²) >= 11 is 0. The van der Waals surface area contributed by atoms with Crippen molar-refractivity contribution < 1.29 is 22.7 Å². The van der Waals surface area contributed by atoms with E-state index in [4.69, 9.17) is 9.47 Å². The van der Waals surface area contributed by atoms with E-state index in [1.165, 1.54) is 24.3 Å². The summed E-state index contributed by atoms with van der Waals surface area (Å²) in [5.41, 5.74) is 0.494. The van der Waals surface area contributed by atoms with Crippen molar-refractivity contribution in [3.8, 4) is 11.5 Å². The van der Waals surface area contributed by atoms with Gasteiger partial charge in [0.2, 0.25) is 0 Å². The van der Waals surface area contributed by atoms with E-state index >= 15 is 0 Å². The van der Waals surface area contributed by atoms with Crippen LogP contribution >= 0.6 is 0 Å². The Labute approximate surface area is 153 Å². The molecule has 7 nitrogen and oxygen atoms in total.